The Morgan fingerprint density at radius 1 is 1.58 bits per heavy atom. The van der Waals surface area contributed by atoms with E-state index in [2.05, 4.69) is 0 Å². The Morgan fingerprint density at radius 3 is 2.58 bits per heavy atom. The van der Waals surface area contributed by atoms with Crippen LogP contribution in [0.15, 0.2) is 11.6 Å². The van der Waals surface area contributed by atoms with Crippen molar-refractivity contribution in [3.63, 3.8) is 0 Å². The number of ketones is 1. The molecule has 1 aliphatic carbocycles. The third-order valence-electron chi connectivity index (χ3n) is 2.40. The molecule has 0 fully saturated rings. The summed E-state index contributed by atoms with van der Waals surface area (Å²) in [6.07, 6.45) is 3.24. The van der Waals surface area contributed by atoms with E-state index in [1.165, 1.54) is 0 Å². The molecule has 0 amide bonds. The molecule has 0 heterocycles. The summed E-state index contributed by atoms with van der Waals surface area (Å²) in [5, 5.41) is 9.65. The van der Waals surface area contributed by atoms with Crippen molar-refractivity contribution in [2.24, 2.45) is 5.92 Å². The summed E-state index contributed by atoms with van der Waals surface area (Å²) in [6.45, 7) is 5.35. The first-order valence-corrected chi connectivity index (χ1v) is 4.32. The van der Waals surface area contributed by atoms with Gasteiger partial charge in [-0.25, -0.2) is 0 Å². The van der Waals surface area contributed by atoms with E-state index in [9.17, 15) is 9.90 Å². The van der Waals surface area contributed by atoms with Crippen molar-refractivity contribution >= 4 is 5.78 Å². The highest BCUT2D eigenvalue weighted by molar-refractivity contribution is 5.85. The van der Waals surface area contributed by atoms with E-state index in [-0.39, 0.29) is 11.7 Å². The van der Waals surface area contributed by atoms with Crippen LogP contribution in [-0.4, -0.2) is 16.5 Å². The van der Waals surface area contributed by atoms with E-state index in [0.29, 0.717) is 12.8 Å². The molecule has 1 unspecified atom stereocenters. The molecule has 0 saturated heterocycles. The van der Waals surface area contributed by atoms with E-state index in [1.807, 2.05) is 13.0 Å². The van der Waals surface area contributed by atoms with Crippen LogP contribution in [0.2, 0.25) is 0 Å². The topological polar surface area (TPSA) is 37.3 Å². The molecule has 0 aromatic rings. The van der Waals surface area contributed by atoms with E-state index in [1.54, 1.807) is 13.8 Å². The average Bonchev–Trinajstić information content (AvgIpc) is 1.83. The van der Waals surface area contributed by atoms with Crippen LogP contribution in [0.4, 0.5) is 0 Å². The van der Waals surface area contributed by atoms with Gasteiger partial charge in [-0.3, -0.25) is 4.79 Å². The Morgan fingerprint density at radius 2 is 2.17 bits per heavy atom. The zero-order chi connectivity index (χ0) is 9.35. The number of rotatable bonds is 1. The normalized spacial score (nSPS) is 25.5. The van der Waals surface area contributed by atoms with Gasteiger partial charge in [0.15, 0.2) is 0 Å². The lowest BCUT2D eigenvalue weighted by molar-refractivity contribution is -0.129. The van der Waals surface area contributed by atoms with Crippen LogP contribution >= 0.6 is 0 Å². The second kappa shape index (κ2) is 3.02. The van der Waals surface area contributed by atoms with E-state index in [0.717, 1.165) is 5.57 Å². The second-order valence-corrected chi connectivity index (χ2v) is 4.14. The molecule has 0 aromatic carbocycles. The summed E-state index contributed by atoms with van der Waals surface area (Å²) in [7, 11) is 0. The maximum absolute atomic E-state index is 11.5. The van der Waals surface area contributed by atoms with Gasteiger partial charge in [0, 0.05) is 12.3 Å². The minimum Gasteiger partial charge on any atom is -0.390 e. The number of allylic oxidation sites excluding steroid dienone is 2. The largest absolute Gasteiger partial charge is 0.390 e. The third kappa shape index (κ3) is 1.95. The summed E-state index contributed by atoms with van der Waals surface area (Å²) in [5.74, 6) is -0.0382. The average molecular weight is 168 g/mol. The van der Waals surface area contributed by atoms with Gasteiger partial charge >= 0.3 is 0 Å². The lowest BCUT2D eigenvalue weighted by Gasteiger charge is -2.29. The maximum atomic E-state index is 11.5. The first-order valence-electron chi connectivity index (χ1n) is 4.32. The predicted octanol–water partition coefficient (Wildman–Crippen LogP) is 1.68. The van der Waals surface area contributed by atoms with Gasteiger partial charge in [-0.1, -0.05) is 11.6 Å². The molecule has 1 atom stereocenters. The fraction of sp³-hybridized carbons (Fsp3) is 0.700. The first kappa shape index (κ1) is 9.46. The van der Waals surface area contributed by atoms with Gasteiger partial charge in [-0.05, 0) is 27.2 Å². The molecule has 2 heteroatoms. The molecule has 1 N–H and O–H groups in total. The molecule has 1 rings (SSSR count). The number of hydrogen-bond acceptors (Lipinski definition) is 2. The minimum atomic E-state index is -0.867. The summed E-state index contributed by atoms with van der Waals surface area (Å²) in [6, 6.07) is 0. The standard InChI is InChI=1S/C10H16O2/c1-7-4-5-8(9(11)6-7)10(2,3)12/h4,8,12H,5-6H2,1-3H3. The second-order valence-electron chi connectivity index (χ2n) is 4.14. The third-order valence-corrected chi connectivity index (χ3v) is 2.40. The van der Waals surface area contributed by atoms with Crippen LogP contribution in [0.3, 0.4) is 0 Å². The molecule has 0 saturated carbocycles. The van der Waals surface area contributed by atoms with Crippen LogP contribution < -0.4 is 0 Å². The van der Waals surface area contributed by atoms with Crippen molar-refractivity contribution in [2.75, 3.05) is 0 Å². The molecule has 0 aromatic heterocycles. The Labute approximate surface area is 73.3 Å². The molecule has 0 aliphatic heterocycles. The zero-order valence-corrected chi connectivity index (χ0v) is 7.92. The van der Waals surface area contributed by atoms with Crippen molar-refractivity contribution in [1.82, 2.24) is 0 Å². The molecule has 0 radical (unpaired) electrons. The van der Waals surface area contributed by atoms with Gasteiger partial charge < -0.3 is 5.11 Å². The molecular formula is C10H16O2. The summed E-state index contributed by atoms with van der Waals surface area (Å²) in [5.41, 5.74) is 0.259. The van der Waals surface area contributed by atoms with Crippen LogP contribution in [-0.2, 0) is 4.79 Å². The van der Waals surface area contributed by atoms with Crippen molar-refractivity contribution in [2.45, 2.75) is 39.2 Å². The molecule has 2 nitrogen and oxygen atoms in total. The predicted molar refractivity (Wildman–Crippen MR) is 47.8 cm³/mol. The molecule has 0 spiro atoms. The highest BCUT2D eigenvalue weighted by atomic mass is 16.3. The van der Waals surface area contributed by atoms with E-state index >= 15 is 0 Å². The minimum absolute atomic E-state index is 0.169. The van der Waals surface area contributed by atoms with Crippen LogP contribution in [0.5, 0.6) is 0 Å². The summed E-state index contributed by atoms with van der Waals surface area (Å²) < 4.78 is 0. The van der Waals surface area contributed by atoms with E-state index in [4.69, 9.17) is 0 Å². The van der Waals surface area contributed by atoms with Crippen molar-refractivity contribution in [3.8, 4) is 0 Å². The lowest BCUT2D eigenvalue weighted by atomic mass is 9.79. The van der Waals surface area contributed by atoms with Crippen LogP contribution in [0, 0.1) is 5.92 Å². The molecular weight excluding hydrogens is 152 g/mol. The maximum Gasteiger partial charge on any atom is 0.143 e. The highest BCUT2D eigenvalue weighted by Gasteiger charge is 2.33. The highest BCUT2D eigenvalue weighted by Crippen LogP contribution is 2.28. The lowest BCUT2D eigenvalue weighted by Crippen LogP contribution is -2.37. The Hall–Kier alpha value is -0.630. The van der Waals surface area contributed by atoms with Gasteiger partial charge in [-0.2, -0.15) is 0 Å². The quantitative estimate of drug-likeness (QED) is 0.605. The Kier molecular flexibility index (Phi) is 2.38. The fourth-order valence-corrected chi connectivity index (χ4v) is 1.60. The van der Waals surface area contributed by atoms with E-state index < -0.39 is 5.60 Å². The number of carbonyl (C=O) groups is 1. The van der Waals surface area contributed by atoms with Gasteiger partial charge in [0.25, 0.3) is 0 Å². The van der Waals surface area contributed by atoms with Gasteiger partial charge in [-0.15, -0.1) is 0 Å². The van der Waals surface area contributed by atoms with Gasteiger partial charge in [0.1, 0.15) is 5.78 Å². The zero-order valence-electron chi connectivity index (χ0n) is 7.92. The number of aliphatic hydroxyl groups is 1. The van der Waals surface area contributed by atoms with Gasteiger partial charge in [0.2, 0.25) is 0 Å². The molecule has 12 heavy (non-hydrogen) atoms. The number of hydrogen-bond donors (Lipinski definition) is 1. The van der Waals surface area contributed by atoms with Gasteiger partial charge in [0.05, 0.1) is 5.60 Å². The van der Waals surface area contributed by atoms with Crippen molar-refractivity contribution < 1.29 is 9.90 Å². The number of carbonyl (C=O) groups excluding carboxylic acids is 1. The molecule has 68 valence electrons. The fourth-order valence-electron chi connectivity index (χ4n) is 1.60. The summed E-state index contributed by atoms with van der Waals surface area (Å²) >= 11 is 0. The van der Waals surface area contributed by atoms with Crippen LogP contribution in [0.25, 0.3) is 0 Å². The Bertz CT molecular complexity index is 220. The van der Waals surface area contributed by atoms with Crippen molar-refractivity contribution in [1.29, 1.82) is 0 Å². The van der Waals surface area contributed by atoms with Crippen LogP contribution in [0.1, 0.15) is 33.6 Å². The Balaban J connectivity index is 2.77. The summed E-state index contributed by atoms with van der Waals surface area (Å²) in [4.78, 5) is 11.5. The SMILES string of the molecule is CC1=CCC(C(C)(C)O)C(=O)C1. The van der Waals surface area contributed by atoms with Crippen molar-refractivity contribution in [3.05, 3.63) is 11.6 Å². The first-order chi connectivity index (χ1) is 5.41. The molecule has 0 bridgehead atoms. The number of Topliss-reactive ketones (excluding diaryl/α,β-unsaturated/α-hetero) is 1. The smallest absolute Gasteiger partial charge is 0.143 e. The monoisotopic (exact) mass is 168 g/mol. The molecule has 1 aliphatic rings.